The van der Waals surface area contributed by atoms with Crippen molar-refractivity contribution in [2.75, 3.05) is 6.61 Å². The number of ketones is 1. The highest BCUT2D eigenvalue weighted by molar-refractivity contribution is 6.13. The maximum absolute atomic E-state index is 14.2. The largest absolute Gasteiger partial charge is 0.358 e. The van der Waals surface area contributed by atoms with Crippen molar-refractivity contribution in [3.8, 4) is 0 Å². The van der Waals surface area contributed by atoms with E-state index in [-0.39, 0.29) is 12.0 Å². The highest BCUT2D eigenvalue weighted by atomic mass is 16.5. The molecule has 8 rings (SSSR count). The van der Waals surface area contributed by atoms with Crippen LogP contribution in [0.1, 0.15) is 58.2 Å². The van der Waals surface area contributed by atoms with Crippen LogP contribution >= 0.6 is 0 Å². The topological polar surface area (TPSA) is 49.0 Å². The van der Waals surface area contributed by atoms with Crippen molar-refractivity contribution in [3.05, 3.63) is 174 Å². The average Bonchev–Trinajstić information content (AvgIpc) is 3.74. The van der Waals surface area contributed by atoms with Gasteiger partial charge in [0.2, 0.25) is 5.78 Å². The SMILES string of the molecule is O=C(c1ccc2c3ccccc3n(C3CCCCO3)c2c1)c1cn(C(c2ccccc2)(c2ccccc2)c2ccccc2)cn1. The van der Waals surface area contributed by atoms with Gasteiger partial charge in [0.25, 0.3) is 0 Å². The third-order valence-electron chi connectivity index (χ3n) is 9.19. The Kier molecular flexibility index (Phi) is 6.88. The second-order valence-electron chi connectivity index (χ2n) is 11.7. The summed E-state index contributed by atoms with van der Waals surface area (Å²) in [5.41, 5.74) is 5.67. The van der Waals surface area contributed by atoms with Crippen molar-refractivity contribution in [2.24, 2.45) is 0 Å². The first kappa shape index (κ1) is 27.3. The van der Waals surface area contributed by atoms with Gasteiger partial charge in [-0.25, -0.2) is 4.98 Å². The minimum Gasteiger partial charge on any atom is -0.358 e. The molecule has 0 spiro atoms. The lowest BCUT2D eigenvalue weighted by molar-refractivity contribution is -0.0267. The number of para-hydroxylation sites is 1. The van der Waals surface area contributed by atoms with Crippen LogP contribution < -0.4 is 0 Å². The number of hydrogen-bond donors (Lipinski definition) is 0. The van der Waals surface area contributed by atoms with Gasteiger partial charge in [0, 0.05) is 29.1 Å². The van der Waals surface area contributed by atoms with E-state index in [0.717, 1.165) is 59.0 Å². The minimum atomic E-state index is -0.732. The first-order chi connectivity index (χ1) is 22.2. The third-order valence-corrected chi connectivity index (χ3v) is 9.19. The number of aromatic nitrogens is 3. The molecule has 0 saturated carbocycles. The number of rotatable bonds is 7. The lowest BCUT2D eigenvalue weighted by atomic mass is 9.77. The summed E-state index contributed by atoms with van der Waals surface area (Å²) in [6.45, 7) is 0.751. The number of hydrogen-bond acceptors (Lipinski definition) is 3. The molecule has 5 nitrogen and oxygen atoms in total. The molecular weight excluding hydrogens is 554 g/mol. The van der Waals surface area contributed by atoms with Gasteiger partial charge < -0.3 is 13.9 Å². The van der Waals surface area contributed by atoms with Crippen LogP contribution in [0.4, 0.5) is 0 Å². The van der Waals surface area contributed by atoms with E-state index in [1.807, 2.05) is 36.5 Å². The second-order valence-corrected chi connectivity index (χ2v) is 11.7. The van der Waals surface area contributed by atoms with Crippen molar-refractivity contribution >= 4 is 27.6 Å². The molecule has 0 aliphatic carbocycles. The molecule has 3 heterocycles. The number of imidazole rings is 1. The third kappa shape index (κ3) is 4.50. The fraction of sp³-hybridized carbons (Fsp3) is 0.150. The van der Waals surface area contributed by atoms with E-state index in [2.05, 4.69) is 112 Å². The maximum atomic E-state index is 14.2. The number of fused-ring (bicyclic) bond motifs is 3. The molecule has 220 valence electrons. The summed E-state index contributed by atoms with van der Waals surface area (Å²) in [5, 5.41) is 2.29. The highest BCUT2D eigenvalue weighted by Crippen LogP contribution is 2.41. The standard InChI is InChI=1S/C40H33N3O2/c44-39(29-23-24-34-33-20-10-11-21-36(33)43(37(34)26-29)38-22-12-13-25-45-38)35-27-42(28-41-35)40(30-14-4-1-5-15-30,31-16-6-2-7-17-31)32-18-8-3-9-19-32/h1-11,14-21,23-24,26-28,38H,12-13,22,25H2. The van der Waals surface area contributed by atoms with Crippen molar-refractivity contribution in [2.45, 2.75) is 31.0 Å². The Morgan fingerprint density at radius 3 is 1.91 bits per heavy atom. The predicted octanol–water partition coefficient (Wildman–Crippen LogP) is 8.76. The second kappa shape index (κ2) is 11.3. The highest BCUT2D eigenvalue weighted by Gasteiger charge is 2.38. The number of nitrogens with zero attached hydrogens (tertiary/aromatic N) is 3. The Bertz CT molecular complexity index is 2010. The van der Waals surface area contributed by atoms with Crippen LogP contribution in [-0.2, 0) is 10.3 Å². The van der Waals surface area contributed by atoms with Gasteiger partial charge in [-0.1, -0.05) is 121 Å². The lowest BCUT2D eigenvalue weighted by Gasteiger charge is -2.37. The van der Waals surface area contributed by atoms with Gasteiger partial charge in [0.15, 0.2) is 0 Å². The summed E-state index contributed by atoms with van der Waals surface area (Å²) in [6.07, 6.45) is 6.81. The zero-order chi connectivity index (χ0) is 30.2. The van der Waals surface area contributed by atoms with E-state index in [0.29, 0.717) is 11.3 Å². The number of benzene rings is 5. The van der Waals surface area contributed by atoms with Crippen LogP contribution in [0.3, 0.4) is 0 Å². The molecule has 1 fully saturated rings. The Labute approximate surface area is 262 Å². The van der Waals surface area contributed by atoms with Crippen LogP contribution in [0, 0.1) is 0 Å². The first-order valence-electron chi connectivity index (χ1n) is 15.7. The van der Waals surface area contributed by atoms with Crippen LogP contribution in [0.2, 0.25) is 0 Å². The van der Waals surface area contributed by atoms with Gasteiger partial charge in [-0.15, -0.1) is 0 Å². The molecule has 0 N–H and O–H groups in total. The van der Waals surface area contributed by atoms with Crippen molar-refractivity contribution in [1.29, 1.82) is 0 Å². The van der Waals surface area contributed by atoms with E-state index in [9.17, 15) is 4.79 Å². The Morgan fingerprint density at radius 1 is 0.689 bits per heavy atom. The van der Waals surface area contributed by atoms with Gasteiger partial charge >= 0.3 is 0 Å². The molecule has 7 aromatic rings. The van der Waals surface area contributed by atoms with Gasteiger partial charge in [-0.05, 0) is 48.1 Å². The number of carbonyl (C=O) groups is 1. The Balaban J connectivity index is 1.27. The van der Waals surface area contributed by atoms with E-state index < -0.39 is 5.54 Å². The van der Waals surface area contributed by atoms with Gasteiger partial charge in [-0.3, -0.25) is 4.79 Å². The summed E-state index contributed by atoms with van der Waals surface area (Å²) in [4.78, 5) is 19.0. The average molecular weight is 588 g/mol. The first-order valence-corrected chi connectivity index (χ1v) is 15.7. The lowest BCUT2D eigenvalue weighted by Crippen LogP contribution is -2.37. The summed E-state index contributed by atoms with van der Waals surface area (Å²) in [6, 6.07) is 45.7. The summed E-state index contributed by atoms with van der Waals surface area (Å²) < 4.78 is 10.6. The molecule has 0 bridgehead atoms. The van der Waals surface area contributed by atoms with Crippen LogP contribution in [-0.4, -0.2) is 26.5 Å². The monoisotopic (exact) mass is 587 g/mol. The molecule has 1 saturated heterocycles. The Hall–Kier alpha value is -5.26. The van der Waals surface area contributed by atoms with Crippen LogP contribution in [0.15, 0.2) is 146 Å². The molecular formula is C40H33N3O2. The summed E-state index contributed by atoms with van der Waals surface area (Å²) in [7, 11) is 0. The quantitative estimate of drug-likeness (QED) is 0.138. The molecule has 1 aliphatic heterocycles. The fourth-order valence-electron chi connectivity index (χ4n) is 7.14. The Morgan fingerprint density at radius 2 is 1.29 bits per heavy atom. The number of ether oxygens (including phenoxy) is 1. The summed E-state index contributed by atoms with van der Waals surface area (Å²) in [5.74, 6) is -0.111. The van der Waals surface area contributed by atoms with Gasteiger partial charge in [-0.2, -0.15) is 0 Å². The maximum Gasteiger partial charge on any atom is 0.212 e. The molecule has 2 aromatic heterocycles. The zero-order valence-electron chi connectivity index (χ0n) is 24.9. The molecule has 5 heteroatoms. The molecule has 5 aromatic carbocycles. The molecule has 0 radical (unpaired) electrons. The van der Waals surface area contributed by atoms with E-state index in [1.54, 1.807) is 6.33 Å². The van der Waals surface area contributed by atoms with Crippen LogP contribution in [0.25, 0.3) is 21.8 Å². The van der Waals surface area contributed by atoms with Crippen LogP contribution in [0.5, 0.6) is 0 Å². The molecule has 45 heavy (non-hydrogen) atoms. The van der Waals surface area contributed by atoms with E-state index in [4.69, 9.17) is 9.72 Å². The van der Waals surface area contributed by atoms with E-state index in [1.165, 1.54) is 5.39 Å². The van der Waals surface area contributed by atoms with Gasteiger partial charge in [0.1, 0.15) is 17.5 Å². The van der Waals surface area contributed by atoms with Crippen molar-refractivity contribution in [1.82, 2.24) is 14.1 Å². The summed E-state index contributed by atoms with van der Waals surface area (Å²) >= 11 is 0. The fourth-order valence-corrected chi connectivity index (χ4v) is 7.14. The molecule has 0 amide bonds. The molecule has 1 atom stereocenters. The van der Waals surface area contributed by atoms with Crippen molar-refractivity contribution in [3.63, 3.8) is 0 Å². The van der Waals surface area contributed by atoms with Gasteiger partial charge in [0.05, 0.1) is 17.4 Å². The normalized spacial score (nSPS) is 15.4. The molecule has 1 aliphatic rings. The zero-order valence-corrected chi connectivity index (χ0v) is 24.9. The van der Waals surface area contributed by atoms with Crippen molar-refractivity contribution < 1.29 is 9.53 Å². The predicted molar refractivity (Wildman–Crippen MR) is 179 cm³/mol. The molecule has 1 unspecified atom stereocenters. The number of carbonyl (C=O) groups excluding carboxylic acids is 1. The van der Waals surface area contributed by atoms with E-state index >= 15 is 0 Å². The minimum absolute atomic E-state index is 0.0473. The smallest absolute Gasteiger partial charge is 0.212 e.